The molecule has 5 nitrogen and oxygen atoms in total. The van der Waals surface area contributed by atoms with Gasteiger partial charge in [0.1, 0.15) is 0 Å². The number of rotatable bonds is 4. The highest BCUT2D eigenvalue weighted by Gasteiger charge is 2.08. The van der Waals surface area contributed by atoms with Crippen LogP contribution in [-0.2, 0) is 0 Å². The second kappa shape index (κ2) is 5.35. The van der Waals surface area contributed by atoms with Gasteiger partial charge >= 0.3 is 5.91 Å². The van der Waals surface area contributed by atoms with Crippen molar-refractivity contribution in [3.8, 4) is 0 Å². The molecule has 1 amide bonds. The molecule has 0 radical (unpaired) electrons. The minimum Gasteiger partial charge on any atom is -0.351 e. The van der Waals surface area contributed by atoms with Crippen LogP contribution < -0.4 is 10.9 Å². The number of nitrogens with one attached hydrogen (secondary N) is 2. The van der Waals surface area contributed by atoms with Gasteiger partial charge in [0.15, 0.2) is 0 Å². The maximum atomic E-state index is 11.5. The predicted molar refractivity (Wildman–Crippen MR) is 68.1 cm³/mol. The summed E-state index contributed by atoms with van der Waals surface area (Å²) < 4.78 is 4.73. The van der Waals surface area contributed by atoms with Gasteiger partial charge in [-0.3, -0.25) is 15.6 Å². The number of carbonyl (C=O) groups is 1. The lowest BCUT2D eigenvalue weighted by atomic mass is 10.0. The molecule has 0 unspecified atom stereocenters. The zero-order chi connectivity index (χ0) is 13.0. The number of amides is 1. The lowest BCUT2D eigenvalue weighted by Crippen LogP contribution is -2.28. The Labute approximate surface area is 105 Å². The van der Waals surface area contributed by atoms with Gasteiger partial charge < -0.3 is 4.52 Å². The van der Waals surface area contributed by atoms with Crippen molar-refractivity contribution in [1.29, 1.82) is 0 Å². The molecule has 1 heterocycles. The predicted octanol–water partition coefficient (Wildman–Crippen LogP) is 2.55. The zero-order valence-electron chi connectivity index (χ0n) is 10.3. The van der Waals surface area contributed by atoms with Crippen LogP contribution in [0.3, 0.4) is 0 Å². The SMILES string of the molecule is CC(C)c1ccc(NNC(=O)c2ccno2)cc1. The Bertz CT molecular complexity index is 504. The Morgan fingerprint density at radius 3 is 2.50 bits per heavy atom. The van der Waals surface area contributed by atoms with Crippen molar-refractivity contribution in [3.05, 3.63) is 47.9 Å². The molecular formula is C13H15N3O2. The quantitative estimate of drug-likeness (QED) is 0.812. The molecule has 2 aromatic rings. The molecule has 2 N–H and O–H groups in total. The van der Waals surface area contributed by atoms with Gasteiger partial charge in [-0.2, -0.15) is 0 Å². The maximum absolute atomic E-state index is 11.5. The van der Waals surface area contributed by atoms with Crippen LogP contribution in [0.2, 0.25) is 0 Å². The highest BCUT2D eigenvalue weighted by atomic mass is 16.5. The normalized spacial score (nSPS) is 10.4. The monoisotopic (exact) mass is 245 g/mol. The first-order valence-corrected chi connectivity index (χ1v) is 5.74. The summed E-state index contributed by atoms with van der Waals surface area (Å²) in [6.07, 6.45) is 1.42. The smallest absolute Gasteiger partial charge is 0.308 e. The first-order valence-electron chi connectivity index (χ1n) is 5.74. The molecule has 2 rings (SSSR count). The molecule has 0 aliphatic carbocycles. The van der Waals surface area contributed by atoms with E-state index in [1.807, 2.05) is 24.3 Å². The number of nitrogens with zero attached hydrogens (tertiary/aromatic N) is 1. The fraction of sp³-hybridized carbons (Fsp3) is 0.231. The number of benzene rings is 1. The first kappa shape index (κ1) is 12.2. The molecule has 0 saturated heterocycles. The van der Waals surface area contributed by atoms with Gasteiger partial charge in [0.2, 0.25) is 5.76 Å². The third-order valence-electron chi connectivity index (χ3n) is 2.56. The average molecular weight is 245 g/mol. The summed E-state index contributed by atoms with van der Waals surface area (Å²) in [5.41, 5.74) is 7.40. The molecule has 0 saturated carbocycles. The van der Waals surface area contributed by atoms with E-state index < -0.39 is 0 Å². The molecule has 0 aliphatic rings. The van der Waals surface area contributed by atoms with Crippen LogP contribution in [0.5, 0.6) is 0 Å². The van der Waals surface area contributed by atoms with Crippen molar-refractivity contribution in [2.45, 2.75) is 19.8 Å². The largest absolute Gasteiger partial charge is 0.351 e. The van der Waals surface area contributed by atoms with Crippen LogP contribution in [0.4, 0.5) is 5.69 Å². The van der Waals surface area contributed by atoms with Gasteiger partial charge in [0.25, 0.3) is 0 Å². The summed E-state index contributed by atoms with van der Waals surface area (Å²) in [7, 11) is 0. The van der Waals surface area contributed by atoms with Crippen molar-refractivity contribution in [1.82, 2.24) is 10.6 Å². The molecule has 1 aromatic carbocycles. The van der Waals surface area contributed by atoms with E-state index in [0.29, 0.717) is 5.92 Å². The summed E-state index contributed by atoms with van der Waals surface area (Å²) in [6.45, 7) is 4.27. The van der Waals surface area contributed by atoms with E-state index in [1.165, 1.54) is 17.8 Å². The number of hydrazine groups is 1. The number of aromatic nitrogens is 1. The summed E-state index contributed by atoms with van der Waals surface area (Å²) >= 11 is 0. The van der Waals surface area contributed by atoms with E-state index in [0.717, 1.165) is 5.69 Å². The number of hydrogen-bond donors (Lipinski definition) is 2. The van der Waals surface area contributed by atoms with E-state index in [9.17, 15) is 4.79 Å². The van der Waals surface area contributed by atoms with E-state index in [4.69, 9.17) is 4.52 Å². The molecule has 94 valence electrons. The Morgan fingerprint density at radius 1 is 1.22 bits per heavy atom. The van der Waals surface area contributed by atoms with Crippen molar-refractivity contribution in [2.24, 2.45) is 0 Å². The third kappa shape index (κ3) is 2.88. The standard InChI is InChI=1S/C13H15N3O2/c1-9(2)10-3-5-11(6-4-10)15-16-13(17)12-7-8-14-18-12/h3-9,15H,1-2H3,(H,16,17). The van der Waals surface area contributed by atoms with Crippen LogP contribution in [0, 0.1) is 0 Å². The molecular weight excluding hydrogens is 230 g/mol. The molecule has 0 bridgehead atoms. The third-order valence-corrected chi connectivity index (χ3v) is 2.56. The van der Waals surface area contributed by atoms with Crippen LogP contribution in [0.1, 0.15) is 35.9 Å². The Kier molecular flexibility index (Phi) is 3.62. The van der Waals surface area contributed by atoms with Gasteiger partial charge in [-0.15, -0.1) is 0 Å². The maximum Gasteiger partial charge on any atom is 0.308 e. The Hall–Kier alpha value is -2.30. The van der Waals surface area contributed by atoms with Crippen molar-refractivity contribution < 1.29 is 9.32 Å². The fourth-order valence-corrected chi connectivity index (χ4v) is 1.47. The van der Waals surface area contributed by atoms with Crippen molar-refractivity contribution in [2.75, 3.05) is 5.43 Å². The van der Waals surface area contributed by atoms with Gasteiger partial charge in [-0.1, -0.05) is 31.1 Å². The lowest BCUT2D eigenvalue weighted by Gasteiger charge is -2.09. The molecule has 5 heteroatoms. The van der Waals surface area contributed by atoms with Gasteiger partial charge in [-0.25, -0.2) is 0 Å². The van der Waals surface area contributed by atoms with Crippen LogP contribution in [0.25, 0.3) is 0 Å². The highest BCUT2D eigenvalue weighted by molar-refractivity contribution is 5.91. The summed E-state index contributed by atoms with van der Waals surface area (Å²) in [4.78, 5) is 11.5. The average Bonchev–Trinajstić information content (AvgIpc) is 2.90. The van der Waals surface area contributed by atoms with Gasteiger partial charge in [0.05, 0.1) is 11.9 Å². The van der Waals surface area contributed by atoms with Crippen LogP contribution in [-0.4, -0.2) is 11.1 Å². The fourth-order valence-electron chi connectivity index (χ4n) is 1.47. The number of anilines is 1. The highest BCUT2D eigenvalue weighted by Crippen LogP contribution is 2.16. The summed E-state index contributed by atoms with van der Waals surface area (Å²) in [5, 5.41) is 3.47. The van der Waals surface area contributed by atoms with E-state index in [1.54, 1.807) is 0 Å². The number of hydrogen-bond acceptors (Lipinski definition) is 4. The second-order valence-electron chi connectivity index (χ2n) is 4.23. The number of carbonyl (C=O) groups excluding carboxylic acids is 1. The minimum absolute atomic E-state index is 0.168. The summed E-state index contributed by atoms with van der Waals surface area (Å²) in [5.74, 6) is 0.296. The lowest BCUT2D eigenvalue weighted by molar-refractivity contribution is 0.0926. The molecule has 0 atom stereocenters. The van der Waals surface area contributed by atoms with Gasteiger partial charge in [-0.05, 0) is 23.6 Å². The Morgan fingerprint density at radius 2 is 1.94 bits per heavy atom. The van der Waals surface area contributed by atoms with E-state index in [-0.39, 0.29) is 11.7 Å². The molecule has 0 fully saturated rings. The summed E-state index contributed by atoms with van der Waals surface area (Å²) in [6, 6.07) is 9.37. The van der Waals surface area contributed by atoms with Crippen molar-refractivity contribution in [3.63, 3.8) is 0 Å². The van der Waals surface area contributed by atoms with Crippen LogP contribution in [0.15, 0.2) is 41.1 Å². The molecule has 1 aromatic heterocycles. The zero-order valence-corrected chi connectivity index (χ0v) is 10.3. The second-order valence-corrected chi connectivity index (χ2v) is 4.23. The molecule has 0 spiro atoms. The first-order chi connectivity index (χ1) is 8.66. The topological polar surface area (TPSA) is 67.2 Å². The minimum atomic E-state index is -0.361. The van der Waals surface area contributed by atoms with Gasteiger partial charge in [0, 0.05) is 6.07 Å². The van der Waals surface area contributed by atoms with E-state index >= 15 is 0 Å². The Balaban J connectivity index is 1.92. The van der Waals surface area contributed by atoms with E-state index in [2.05, 4.69) is 29.9 Å². The molecule has 0 aliphatic heterocycles. The van der Waals surface area contributed by atoms with Crippen molar-refractivity contribution >= 4 is 11.6 Å². The van der Waals surface area contributed by atoms with Crippen LogP contribution >= 0.6 is 0 Å². The molecule has 18 heavy (non-hydrogen) atoms.